The lowest BCUT2D eigenvalue weighted by Crippen LogP contribution is -2.28. The molecule has 0 saturated heterocycles. The number of nitrogens with one attached hydrogen (secondary N) is 1. The van der Waals surface area contributed by atoms with Crippen LogP contribution < -0.4 is 5.32 Å². The monoisotopic (exact) mass is 246 g/mol. The van der Waals surface area contributed by atoms with Crippen LogP contribution in [0.5, 0.6) is 0 Å². The van der Waals surface area contributed by atoms with Gasteiger partial charge in [0.15, 0.2) is 6.29 Å². The number of aryl methyl sites for hydroxylation is 1. The first-order chi connectivity index (χ1) is 8.90. The number of unbranched alkanes of at least 4 members (excludes halogenated alkanes) is 3. The molecule has 3 nitrogen and oxygen atoms in total. The summed E-state index contributed by atoms with van der Waals surface area (Å²) < 4.78 is 5.81. The quantitative estimate of drug-likeness (QED) is 0.751. The van der Waals surface area contributed by atoms with Gasteiger partial charge in [0.1, 0.15) is 6.23 Å². The Morgan fingerprint density at radius 1 is 1.28 bits per heavy atom. The van der Waals surface area contributed by atoms with Crippen LogP contribution in [0.2, 0.25) is 0 Å². The highest BCUT2D eigenvalue weighted by molar-refractivity contribution is 5.53. The highest BCUT2D eigenvalue weighted by atomic mass is 16.5. The van der Waals surface area contributed by atoms with Gasteiger partial charge in [-0.3, -0.25) is 4.79 Å². The van der Waals surface area contributed by atoms with Crippen molar-refractivity contribution in [3.63, 3.8) is 0 Å². The molecular formula is C15H20NO2. The molecule has 1 aliphatic rings. The summed E-state index contributed by atoms with van der Waals surface area (Å²) in [6, 6.07) is 8.38. The van der Waals surface area contributed by atoms with E-state index in [9.17, 15) is 4.79 Å². The maximum absolute atomic E-state index is 10.0. The number of para-hydroxylation sites is 1. The van der Waals surface area contributed by atoms with Crippen molar-refractivity contribution in [1.29, 1.82) is 0 Å². The molecule has 1 atom stereocenters. The molecule has 1 aliphatic heterocycles. The van der Waals surface area contributed by atoms with E-state index in [0.29, 0.717) is 6.42 Å². The normalized spacial score (nSPS) is 17.9. The Hall–Kier alpha value is -1.35. The van der Waals surface area contributed by atoms with Crippen molar-refractivity contribution < 1.29 is 9.53 Å². The van der Waals surface area contributed by atoms with Gasteiger partial charge in [0.05, 0.1) is 0 Å². The first-order valence-corrected chi connectivity index (χ1v) is 6.71. The largest absolute Gasteiger partial charge is 0.360 e. The second-order valence-electron chi connectivity index (χ2n) is 4.65. The molecule has 1 heterocycles. The first-order valence-electron chi connectivity index (χ1n) is 6.71. The van der Waals surface area contributed by atoms with Gasteiger partial charge in [-0.25, -0.2) is 0 Å². The molecule has 0 fully saturated rings. The molecule has 1 radical (unpaired) electrons. The molecule has 1 unspecified atom stereocenters. The van der Waals surface area contributed by atoms with Crippen LogP contribution in [-0.4, -0.2) is 19.1 Å². The molecule has 0 saturated carbocycles. The Kier molecular flexibility index (Phi) is 5.21. The van der Waals surface area contributed by atoms with Crippen LogP contribution in [0.25, 0.3) is 0 Å². The van der Waals surface area contributed by atoms with Crippen LogP contribution in [0.3, 0.4) is 0 Å². The summed E-state index contributed by atoms with van der Waals surface area (Å²) in [6.45, 7) is 0.763. The third-order valence-corrected chi connectivity index (χ3v) is 3.25. The van der Waals surface area contributed by atoms with Gasteiger partial charge in [-0.2, -0.15) is 0 Å². The predicted octanol–water partition coefficient (Wildman–Crippen LogP) is 3.06. The minimum absolute atomic E-state index is 0.137. The van der Waals surface area contributed by atoms with Crippen molar-refractivity contribution in [2.24, 2.45) is 0 Å². The summed E-state index contributed by atoms with van der Waals surface area (Å²) in [7, 11) is 0. The van der Waals surface area contributed by atoms with Crippen LogP contribution in [0.15, 0.2) is 24.3 Å². The summed E-state index contributed by atoms with van der Waals surface area (Å²) in [6.07, 6.45) is 7.69. The van der Waals surface area contributed by atoms with Crippen LogP contribution in [0.1, 0.15) is 37.7 Å². The van der Waals surface area contributed by atoms with E-state index in [1.54, 1.807) is 0 Å². The van der Waals surface area contributed by atoms with E-state index in [0.717, 1.165) is 38.7 Å². The van der Waals surface area contributed by atoms with Gasteiger partial charge in [-0.1, -0.05) is 24.6 Å². The molecule has 0 amide bonds. The second kappa shape index (κ2) is 7.17. The zero-order valence-electron chi connectivity index (χ0n) is 10.7. The summed E-state index contributed by atoms with van der Waals surface area (Å²) in [4.78, 5) is 10.0. The molecule has 0 aliphatic carbocycles. The van der Waals surface area contributed by atoms with Crippen LogP contribution >= 0.6 is 0 Å². The van der Waals surface area contributed by atoms with Gasteiger partial charge in [0.2, 0.25) is 0 Å². The van der Waals surface area contributed by atoms with Gasteiger partial charge < -0.3 is 10.1 Å². The number of hydrogen-bond donors (Lipinski definition) is 1. The number of fused-ring (bicyclic) bond motifs is 1. The Labute approximate surface area is 109 Å². The van der Waals surface area contributed by atoms with Crippen molar-refractivity contribution in [1.82, 2.24) is 0 Å². The van der Waals surface area contributed by atoms with E-state index >= 15 is 0 Å². The van der Waals surface area contributed by atoms with Crippen LogP contribution in [0.4, 0.5) is 5.69 Å². The first kappa shape index (κ1) is 13.1. The molecule has 1 N–H and O–H groups in total. The highest BCUT2D eigenvalue weighted by Crippen LogP contribution is 2.24. The van der Waals surface area contributed by atoms with E-state index in [2.05, 4.69) is 23.5 Å². The molecule has 18 heavy (non-hydrogen) atoms. The van der Waals surface area contributed by atoms with Gasteiger partial charge in [-0.15, -0.1) is 0 Å². The van der Waals surface area contributed by atoms with Crippen molar-refractivity contribution in [3.05, 3.63) is 29.8 Å². The molecule has 1 aromatic rings. The molecule has 1 aromatic carbocycles. The van der Waals surface area contributed by atoms with Crippen LogP contribution in [-0.2, 0) is 16.0 Å². The molecule has 97 valence electrons. The Bertz CT molecular complexity index is 379. The van der Waals surface area contributed by atoms with Crippen molar-refractivity contribution in [2.45, 2.75) is 44.8 Å². The van der Waals surface area contributed by atoms with Gasteiger partial charge >= 0.3 is 0 Å². The van der Waals surface area contributed by atoms with Gasteiger partial charge in [0, 0.05) is 18.7 Å². The summed E-state index contributed by atoms with van der Waals surface area (Å²) in [5.41, 5.74) is 2.57. The van der Waals surface area contributed by atoms with Gasteiger partial charge in [-0.05, 0) is 37.3 Å². The lowest BCUT2D eigenvalue weighted by atomic mass is 10.0. The second-order valence-corrected chi connectivity index (χ2v) is 4.65. The van der Waals surface area contributed by atoms with E-state index in [4.69, 9.17) is 4.74 Å². The number of hydrogen-bond acceptors (Lipinski definition) is 3. The Morgan fingerprint density at radius 3 is 3.06 bits per heavy atom. The molecular weight excluding hydrogens is 226 g/mol. The maximum Gasteiger partial charge on any atom is 0.198 e. The average molecular weight is 246 g/mol. The predicted molar refractivity (Wildman–Crippen MR) is 72.3 cm³/mol. The fourth-order valence-electron chi connectivity index (χ4n) is 2.24. The third-order valence-electron chi connectivity index (χ3n) is 3.25. The molecule has 0 aromatic heterocycles. The fourth-order valence-corrected chi connectivity index (χ4v) is 2.24. The van der Waals surface area contributed by atoms with Gasteiger partial charge in [0.25, 0.3) is 0 Å². The fraction of sp³-hybridized carbons (Fsp3) is 0.533. The maximum atomic E-state index is 10.0. The number of carbonyl (C=O) groups excluding carboxylic acids is 1. The lowest BCUT2D eigenvalue weighted by Gasteiger charge is -2.27. The number of rotatable bonds is 7. The van der Waals surface area contributed by atoms with Crippen molar-refractivity contribution >= 4 is 12.0 Å². The third kappa shape index (κ3) is 3.84. The standard InChI is InChI=1S/C15H20NO2/c17-11-5-1-2-6-12-18-15-10-9-13-7-3-4-8-14(13)16-15/h3-4,7-8,15-16H,1-2,5-6,9-10,12H2. The Balaban J connectivity index is 1.65. The summed E-state index contributed by atoms with van der Waals surface area (Å²) in [5.74, 6) is 0. The van der Waals surface area contributed by atoms with E-state index < -0.39 is 0 Å². The lowest BCUT2D eigenvalue weighted by molar-refractivity contribution is 0.0615. The molecule has 3 heteroatoms. The van der Waals surface area contributed by atoms with E-state index in [1.807, 2.05) is 12.4 Å². The topological polar surface area (TPSA) is 38.3 Å². The Morgan fingerprint density at radius 2 is 2.17 bits per heavy atom. The number of anilines is 1. The number of ether oxygens (including phenoxy) is 1. The summed E-state index contributed by atoms with van der Waals surface area (Å²) >= 11 is 0. The van der Waals surface area contributed by atoms with Crippen molar-refractivity contribution in [3.8, 4) is 0 Å². The molecule has 0 spiro atoms. The van der Waals surface area contributed by atoms with E-state index in [1.165, 1.54) is 11.3 Å². The SMILES string of the molecule is O=[C]CCCCCOC1CCc2ccccc2N1. The van der Waals surface area contributed by atoms with Crippen LogP contribution in [0, 0.1) is 0 Å². The minimum atomic E-state index is 0.137. The molecule has 2 rings (SSSR count). The minimum Gasteiger partial charge on any atom is -0.360 e. The number of benzene rings is 1. The summed E-state index contributed by atoms with van der Waals surface area (Å²) in [5, 5.41) is 3.41. The zero-order valence-corrected chi connectivity index (χ0v) is 10.7. The highest BCUT2D eigenvalue weighted by Gasteiger charge is 2.16. The molecule has 0 bridgehead atoms. The average Bonchev–Trinajstić information content (AvgIpc) is 2.42. The van der Waals surface area contributed by atoms with E-state index in [-0.39, 0.29) is 6.23 Å². The van der Waals surface area contributed by atoms with Crippen molar-refractivity contribution in [2.75, 3.05) is 11.9 Å². The zero-order chi connectivity index (χ0) is 12.6. The smallest absolute Gasteiger partial charge is 0.198 e.